The summed E-state index contributed by atoms with van der Waals surface area (Å²) in [6, 6.07) is 20.8. The number of hydrogen-bond donors (Lipinski definition) is 3. The van der Waals surface area contributed by atoms with E-state index in [0.29, 0.717) is 5.65 Å². The number of methoxy groups -OCH3 is 1. The van der Waals surface area contributed by atoms with Gasteiger partial charge in [-0.25, -0.2) is 9.97 Å². The van der Waals surface area contributed by atoms with Crippen molar-refractivity contribution in [2.45, 2.75) is 6.54 Å². The van der Waals surface area contributed by atoms with E-state index >= 15 is 0 Å². The number of amides is 1. The molecule has 0 spiro atoms. The number of nitrogens with zero attached hydrogens (tertiary/aromatic N) is 3. The molecule has 0 atom stereocenters. The number of fused-ring (bicyclic) bond motifs is 4. The highest BCUT2D eigenvalue weighted by Crippen LogP contribution is 2.30. The molecule has 1 amide bonds. The van der Waals surface area contributed by atoms with Gasteiger partial charge in [-0.05, 0) is 66.8 Å². The van der Waals surface area contributed by atoms with Gasteiger partial charge in [0.25, 0.3) is 5.91 Å². The molecule has 0 unspecified atom stereocenters. The Morgan fingerprint density at radius 2 is 1.76 bits per heavy atom. The number of benzene rings is 3. The van der Waals surface area contributed by atoms with Crippen molar-refractivity contribution >= 4 is 78.0 Å². The lowest BCUT2D eigenvalue weighted by Gasteiger charge is -2.13. The average molecular weight is 535 g/mol. The van der Waals surface area contributed by atoms with Crippen LogP contribution in [0.1, 0.15) is 0 Å². The minimum absolute atomic E-state index is 0.0345. The van der Waals surface area contributed by atoms with Crippen molar-refractivity contribution in [1.82, 2.24) is 25.4 Å². The summed E-state index contributed by atoms with van der Waals surface area (Å²) in [5, 5.41) is 4.19. The highest BCUT2D eigenvalue weighted by Gasteiger charge is 2.17. The van der Waals surface area contributed by atoms with Crippen LogP contribution in [0.25, 0.3) is 33.1 Å². The molecule has 0 saturated carbocycles. The van der Waals surface area contributed by atoms with Crippen molar-refractivity contribution in [3.63, 3.8) is 0 Å². The molecule has 3 aromatic carbocycles. The summed E-state index contributed by atoms with van der Waals surface area (Å²) in [5.74, 6) is 0.461. The molecule has 5 aromatic rings. The molecule has 0 aliphatic heterocycles. The first-order valence-corrected chi connectivity index (χ1v) is 11.6. The summed E-state index contributed by atoms with van der Waals surface area (Å²) >= 11 is 8.81. The van der Waals surface area contributed by atoms with Crippen molar-refractivity contribution in [3.8, 4) is 5.75 Å². The number of carbonyl (C=O) groups excluding carboxylic acids is 1. The average Bonchev–Trinajstić information content (AvgIpc) is 3.13. The van der Waals surface area contributed by atoms with Gasteiger partial charge < -0.3 is 14.6 Å². The Labute approximate surface area is 208 Å². The molecule has 10 heteroatoms. The quantitative estimate of drug-likeness (QED) is 0.230. The van der Waals surface area contributed by atoms with E-state index in [9.17, 15) is 4.79 Å². The number of rotatable bonds is 4. The smallest absolute Gasteiger partial charge is 0.258 e. The van der Waals surface area contributed by atoms with E-state index in [4.69, 9.17) is 26.9 Å². The van der Waals surface area contributed by atoms with Gasteiger partial charge in [0, 0.05) is 15.5 Å². The van der Waals surface area contributed by atoms with E-state index in [1.807, 2.05) is 71.3 Å². The molecule has 34 heavy (non-hydrogen) atoms. The van der Waals surface area contributed by atoms with Crippen LogP contribution in [0.4, 0.5) is 5.69 Å². The zero-order valence-corrected chi connectivity index (χ0v) is 20.4. The SMILES string of the molecule is COc1ccc(NC(=S)NNC(=O)Cn2c3ccc(Br)cc3c3nc4ccccc4nc32)cc1. The number of hydrogen-bond acceptors (Lipinski definition) is 5. The fraction of sp³-hybridized carbons (Fsp3) is 0.0833. The number of nitrogens with one attached hydrogen (secondary N) is 3. The predicted octanol–water partition coefficient (Wildman–Crippen LogP) is 4.53. The van der Waals surface area contributed by atoms with Gasteiger partial charge in [-0.2, -0.15) is 0 Å². The van der Waals surface area contributed by atoms with E-state index in [2.05, 4.69) is 32.1 Å². The molecule has 8 nitrogen and oxygen atoms in total. The molecule has 0 aliphatic carbocycles. The second-order valence-corrected chi connectivity index (χ2v) is 8.81. The van der Waals surface area contributed by atoms with Gasteiger partial charge in [-0.1, -0.05) is 28.1 Å². The lowest BCUT2D eigenvalue weighted by molar-refractivity contribution is -0.122. The Hall–Kier alpha value is -3.76. The van der Waals surface area contributed by atoms with E-state index in [1.165, 1.54) is 0 Å². The van der Waals surface area contributed by atoms with Crippen molar-refractivity contribution in [3.05, 3.63) is 71.2 Å². The number of carbonyl (C=O) groups is 1. The maximum absolute atomic E-state index is 12.8. The molecule has 0 saturated heterocycles. The van der Waals surface area contributed by atoms with Gasteiger partial charge in [0.15, 0.2) is 10.8 Å². The number of ether oxygens (including phenoxy) is 1. The summed E-state index contributed by atoms with van der Waals surface area (Å²) in [5.41, 5.74) is 9.96. The molecule has 0 fully saturated rings. The fourth-order valence-corrected chi connectivity index (χ4v) is 4.24. The lowest BCUT2D eigenvalue weighted by atomic mass is 10.2. The first-order valence-electron chi connectivity index (χ1n) is 10.4. The summed E-state index contributed by atoms with van der Waals surface area (Å²) < 4.78 is 7.93. The highest BCUT2D eigenvalue weighted by atomic mass is 79.9. The van der Waals surface area contributed by atoms with Crippen LogP contribution < -0.4 is 20.9 Å². The Bertz CT molecular complexity index is 1550. The Morgan fingerprint density at radius 1 is 1.03 bits per heavy atom. The van der Waals surface area contributed by atoms with Crippen molar-refractivity contribution in [2.24, 2.45) is 0 Å². The molecule has 5 rings (SSSR count). The molecule has 3 N–H and O–H groups in total. The molecular formula is C24H19BrN6O2S. The normalized spacial score (nSPS) is 11.0. The van der Waals surface area contributed by atoms with E-state index in [1.54, 1.807) is 7.11 Å². The third-order valence-corrected chi connectivity index (χ3v) is 5.97. The van der Waals surface area contributed by atoms with Gasteiger partial charge in [0.2, 0.25) is 0 Å². The summed E-state index contributed by atoms with van der Waals surface area (Å²) in [6.07, 6.45) is 0. The van der Waals surface area contributed by atoms with Crippen LogP contribution in [-0.4, -0.2) is 32.7 Å². The van der Waals surface area contributed by atoms with Gasteiger partial charge in [0.05, 0.1) is 23.7 Å². The Balaban J connectivity index is 1.37. The molecule has 0 aliphatic rings. The minimum Gasteiger partial charge on any atom is -0.497 e. The number of anilines is 1. The molecule has 0 bridgehead atoms. The van der Waals surface area contributed by atoms with E-state index in [0.717, 1.165) is 43.4 Å². The number of para-hydroxylation sites is 2. The number of aromatic nitrogens is 3. The van der Waals surface area contributed by atoms with Crippen molar-refractivity contribution in [2.75, 3.05) is 12.4 Å². The van der Waals surface area contributed by atoms with Crippen molar-refractivity contribution in [1.29, 1.82) is 0 Å². The summed E-state index contributed by atoms with van der Waals surface area (Å²) in [6.45, 7) is 0.0345. The van der Waals surface area contributed by atoms with Crippen LogP contribution in [0, 0.1) is 0 Å². The first-order chi connectivity index (χ1) is 16.5. The number of hydrazine groups is 1. The van der Waals surface area contributed by atoms with Crippen LogP contribution >= 0.6 is 28.1 Å². The number of halogens is 1. The molecule has 2 heterocycles. The largest absolute Gasteiger partial charge is 0.497 e. The fourth-order valence-electron chi connectivity index (χ4n) is 3.71. The molecule has 0 radical (unpaired) electrons. The zero-order valence-electron chi connectivity index (χ0n) is 18.0. The van der Waals surface area contributed by atoms with Gasteiger partial charge in [-0.3, -0.25) is 15.6 Å². The van der Waals surface area contributed by atoms with Crippen LogP contribution in [0.2, 0.25) is 0 Å². The first kappa shape index (κ1) is 22.1. The van der Waals surface area contributed by atoms with Crippen molar-refractivity contribution < 1.29 is 9.53 Å². The maximum Gasteiger partial charge on any atom is 0.258 e. The topological polar surface area (TPSA) is 93.1 Å². The monoisotopic (exact) mass is 534 g/mol. The zero-order chi connectivity index (χ0) is 23.7. The standard InChI is InChI=1S/C24H19BrN6O2S/c1-33-16-9-7-15(8-10-16)26-24(34)30-29-21(32)13-31-20-11-6-14(25)12-17(20)22-23(31)28-19-5-3-2-4-18(19)27-22/h2-12H,13H2,1H3,(H,29,32)(H2,26,30,34). The number of thiocarbonyl (C=S) groups is 1. The Morgan fingerprint density at radius 3 is 2.50 bits per heavy atom. The second kappa shape index (κ2) is 9.24. The third kappa shape index (κ3) is 4.37. The maximum atomic E-state index is 12.8. The second-order valence-electron chi connectivity index (χ2n) is 7.49. The van der Waals surface area contributed by atoms with E-state index in [-0.39, 0.29) is 17.6 Å². The van der Waals surface area contributed by atoms with E-state index < -0.39 is 0 Å². The third-order valence-electron chi connectivity index (χ3n) is 5.28. The van der Waals surface area contributed by atoms with Gasteiger partial charge in [0.1, 0.15) is 17.8 Å². The molecule has 2 aromatic heterocycles. The molecular weight excluding hydrogens is 516 g/mol. The van der Waals surface area contributed by atoms with Crippen LogP contribution in [0.5, 0.6) is 5.75 Å². The highest BCUT2D eigenvalue weighted by molar-refractivity contribution is 9.10. The predicted molar refractivity (Wildman–Crippen MR) is 141 cm³/mol. The van der Waals surface area contributed by atoms with Gasteiger partial charge >= 0.3 is 0 Å². The van der Waals surface area contributed by atoms with Gasteiger partial charge in [-0.15, -0.1) is 0 Å². The van der Waals surface area contributed by atoms with Crippen LogP contribution in [-0.2, 0) is 11.3 Å². The summed E-state index contributed by atoms with van der Waals surface area (Å²) in [4.78, 5) is 22.4. The molecule has 170 valence electrons. The van der Waals surface area contributed by atoms with Crippen LogP contribution in [0.15, 0.2) is 71.2 Å². The lowest BCUT2D eigenvalue weighted by Crippen LogP contribution is -2.45. The summed E-state index contributed by atoms with van der Waals surface area (Å²) in [7, 11) is 1.61. The minimum atomic E-state index is -0.282. The Kier molecular flexibility index (Phi) is 5.99. The van der Waals surface area contributed by atoms with Crippen LogP contribution in [0.3, 0.4) is 0 Å².